The molecular formula is C37H48N2O5. The molecule has 0 amide bonds. The van der Waals surface area contributed by atoms with Crippen molar-refractivity contribution in [3.8, 4) is 11.5 Å². The zero-order chi connectivity index (χ0) is 31.4. The molecule has 0 heterocycles. The lowest BCUT2D eigenvalue weighted by Crippen LogP contribution is -2.09. The van der Waals surface area contributed by atoms with Gasteiger partial charge in [0.05, 0.1) is 35.7 Å². The van der Waals surface area contributed by atoms with Crippen molar-refractivity contribution in [3.63, 3.8) is 0 Å². The molecule has 0 aromatic heterocycles. The lowest BCUT2D eigenvalue weighted by Gasteiger charge is -2.09. The number of ether oxygens (including phenoxy) is 3. The van der Waals surface area contributed by atoms with Gasteiger partial charge in [0.15, 0.2) is 0 Å². The third kappa shape index (κ3) is 12.7. The highest BCUT2D eigenvalue weighted by Crippen LogP contribution is 2.27. The first-order valence-corrected chi connectivity index (χ1v) is 16.2. The summed E-state index contributed by atoms with van der Waals surface area (Å²) in [6, 6.07) is 19.0. The van der Waals surface area contributed by atoms with Gasteiger partial charge in [0, 0.05) is 0 Å². The molecule has 44 heavy (non-hydrogen) atoms. The highest BCUT2D eigenvalue weighted by atomic mass is 16.5. The number of nitrogens with zero attached hydrogens (tertiary/aromatic N) is 2. The number of hydrogen-bond acceptors (Lipinski definition) is 7. The molecule has 0 spiro atoms. The third-order valence-electron chi connectivity index (χ3n) is 7.38. The molecule has 0 unspecified atom stereocenters. The SMILES string of the molecule is CCCCCCCCCCCCCCOc1ccc(C(=O)Oc2ccc(N=Nc3ccc(C(=O)OCC)cc3)cc2C)cc1. The minimum atomic E-state index is -0.434. The molecule has 0 aliphatic carbocycles. The molecule has 0 fully saturated rings. The fraction of sp³-hybridized carbons (Fsp3) is 0.459. The summed E-state index contributed by atoms with van der Waals surface area (Å²) in [6.45, 7) is 6.89. The molecule has 7 nitrogen and oxygen atoms in total. The highest BCUT2D eigenvalue weighted by molar-refractivity contribution is 5.91. The Kier molecular flexibility index (Phi) is 15.7. The molecule has 0 atom stereocenters. The topological polar surface area (TPSA) is 86.5 Å². The van der Waals surface area contributed by atoms with Crippen LogP contribution in [0.2, 0.25) is 0 Å². The summed E-state index contributed by atoms with van der Waals surface area (Å²) in [5.41, 5.74) is 2.90. The summed E-state index contributed by atoms with van der Waals surface area (Å²) in [6.07, 6.45) is 15.8. The zero-order valence-corrected chi connectivity index (χ0v) is 26.7. The first-order valence-electron chi connectivity index (χ1n) is 16.2. The van der Waals surface area contributed by atoms with Crippen LogP contribution in [0.25, 0.3) is 0 Å². The summed E-state index contributed by atoms with van der Waals surface area (Å²) in [5, 5.41) is 8.48. The second-order valence-corrected chi connectivity index (χ2v) is 11.1. The average Bonchev–Trinajstić information content (AvgIpc) is 3.04. The highest BCUT2D eigenvalue weighted by Gasteiger charge is 2.11. The Balaban J connectivity index is 1.35. The molecule has 7 heteroatoms. The molecular weight excluding hydrogens is 552 g/mol. The number of carbonyl (C=O) groups excluding carboxylic acids is 2. The molecule has 236 valence electrons. The monoisotopic (exact) mass is 600 g/mol. The third-order valence-corrected chi connectivity index (χ3v) is 7.38. The first-order chi connectivity index (χ1) is 21.5. The molecule has 0 N–H and O–H groups in total. The Morgan fingerprint density at radius 2 is 1.14 bits per heavy atom. The normalized spacial score (nSPS) is 11.1. The number of unbranched alkanes of at least 4 members (excludes halogenated alkanes) is 11. The van der Waals surface area contributed by atoms with Crippen molar-refractivity contribution in [2.24, 2.45) is 10.2 Å². The fourth-order valence-corrected chi connectivity index (χ4v) is 4.78. The predicted molar refractivity (Wildman–Crippen MR) is 176 cm³/mol. The standard InChI is InChI=1S/C37H48N2O5/c1-4-6-7-8-9-10-11-12-13-14-15-16-27-43-34-24-19-31(20-25-34)37(41)44-35-26-23-33(28-29(35)3)39-38-32-21-17-30(18-22-32)36(40)42-5-2/h17-26,28H,4-16,27H2,1-3H3. The van der Waals surface area contributed by atoms with Crippen LogP contribution in [-0.4, -0.2) is 25.2 Å². The van der Waals surface area contributed by atoms with Crippen molar-refractivity contribution in [1.82, 2.24) is 0 Å². The molecule has 0 aliphatic rings. The van der Waals surface area contributed by atoms with Gasteiger partial charge >= 0.3 is 11.9 Å². The van der Waals surface area contributed by atoms with Crippen molar-refractivity contribution in [1.29, 1.82) is 0 Å². The first kappa shape index (κ1) is 34.5. The van der Waals surface area contributed by atoms with Gasteiger partial charge in [0.2, 0.25) is 0 Å². The summed E-state index contributed by atoms with van der Waals surface area (Å²) in [4.78, 5) is 24.5. The van der Waals surface area contributed by atoms with Gasteiger partial charge in [-0.05, 0) is 92.6 Å². The van der Waals surface area contributed by atoms with Gasteiger partial charge in [-0.3, -0.25) is 0 Å². The van der Waals surface area contributed by atoms with E-state index in [1.807, 2.05) is 19.1 Å². The van der Waals surface area contributed by atoms with E-state index in [0.717, 1.165) is 17.7 Å². The van der Waals surface area contributed by atoms with Crippen molar-refractivity contribution >= 4 is 23.3 Å². The molecule has 3 aromatic carbocycles. The Labute approximate surface area is 263 Å². The maximum Gasteiger partial charge on any atom is 0.343 e. The van der Waals surface area contributed by atoms with Crippen LogP contribution in [0.5, 0.6) is 11.5 Å². The van der Waals surface area contributed by atoms with Gasteiger partial charge < -0.3 is 14.2 Å². The molecule has 3 rings (SSSR count). The van der Waals surface area contributed by atoms with E-state index >= 15 is 0 Å². The van der Waals surface area contributed by atoms with E-state index in [9.17, 15) is 9.59 Å². The maximum atomic E-state index is 12.7. The largest absolute Gasteiger partial charge is 0.494 e. The van der Waals surface area contributed by atoms with Crippen LogP contribution in [0.15, 0.2) is 77.0 Å². The summed E-state index contributed by atoms with van der Waals surface area (Å²) < 4.78 is 16.5. The van der Waals surface area contributed by atoms with Crippen LogP contribution >= 0.6 is 0 Å². The number of esters is 2. The Morgan fingerprint density at radius 3 is 1.73 bits per heavy atom. The minimum Gasteiger partial charge on any atom is -0.494 e. The smallest absolute Gasteiger partial charge is 0.343 e. The average molecular weight is 601 g/mol. The lowest BCUT2D eigenvalue weighted by atomic mass is 10.1. The van der Waals surface area contributed by atoms with Crippen LogP contribution in [0.3, 0.4) is 0 Å². The van der Waals surface area contributed by atoms with E-state index in [4.69, 9.17) is 14.2 Å². The second kappa shape index (κ2) is 20.0. The number of azo groups is 1. The quantitative estimate of drug-likeness (QED) is 0.0557. The molecule has 0 radical (unpaired) electrons. The van der Waals surface area contributed by atoms with Gasteiger partial charge in [-0.25, -0.2) is 9.59 Å². The fourth-order valence-electron chi connectivity index (χ4n) is 4.78. The Hall–Kier alpha value is -4.00. The van der Waals surface area contributed by atoms with E-state index in [1.54, 1.807) is 61.5 Å². The van der Waals surface area contributed by atoms with Gasteiger partial charge in [0.25, 0.3) is 0 Å². The maximum absolute atomic E-state index is 12.7. The Bertz CT molecular complexity index is 1300. The van der Waals surface area contributed by atoms with E-state index < -0.39 is 5.97 Å². The van der Waals surface area contributed by atoms with Crippen molar-refractivity contribution in [2.75, 3.05) is 13.2 Å². The Morgan fingerprint density at radius 1 is 0.614 bits per heavy atom. The van der Waals surface area contributed by atoms with Crippen LogP contribution < -0.4 is 9.47 Å². The van der Waals surface area contributed by atoms with E-state index in [0.29, 0.717) is 41.5 Å². The zero-order valence-electron chi connectivity index (χ0n) is 26.7. The molecule has 0 saturated heterocycles. The summed E-state index contributed by atoms with van der Waals surface area (Å²) in [7, 11) is 0. The number of benzene rings is 3. The number of aryl methyl sites for hydroxylation is 1. The second-order valence-electron chi connectivity index (χ2n) is 11.1. The van der Waals surface area contributed by atoms with Gasteiger partial charge in [-0.2, -0.15) is 10.2 Å². The molecule has 0 bridgehead atoms. The lowest BCUT2D eigenvalue weighted by molar-refractivity contribution is 0.0526. The van der Waals surface area contributed by atoms with Crippen molar-refractivity contribution in [3.05, 3.63) is 83.4 Å². The van der Waals surface area contributed by atoms with Crippen LogP contribution in [0.4, 0.5) is 11.4 Å². The predicted octanol–water partition coefficient (Wildman–Crippen LogP) is 10.9. The summed E-state index contributed by atoms with van der Waals surface area (Å²) in [5.74, 6) is 0.411. The van der Waals surface area contributed by atoms with Gasteiger partial charge in [0.1, 0.15) is 11.5 Å². The van der Waals surface area contributed by atoms with Crippen molar-refractivity contribution < 1.29 is 23.8 Å². The number of carbonyl (C=O) groups is 2. The van der Waals surface area contributed by atoms with Crippen LogP contribution in [0, 0.1) is 6.92 Å². The summed E-state index contributed by atoms with van der Waals surface area (Å²) >= 11 is 0. The minimum absolute atomic E-state index is 0.325. The molecule has 0 aliphatic heterocycles. The number of hydrogen-bond donors (Lipinski definition) is 0. The van der Waals surface area contributed by atoms with E-state index in [-0.39, 0.29) is 5.97 Å². The van der Waals surface area contributed by atoms with Gasteiger partial charge in [-0.1, -0.05) is 77.6 Å². The van der Waals surface area contributed by atoms with Gasteiger partial charge in [-0.15, -0.1) is 0 Å². The van der Waals surface area contributed by atoms with E-state index in [1.165, 1.54) is 70.6 Å². The van der Waals surface area contributed by atoms with Crippen LogP contribution in [-0.2, 0) is 4.74 Å². The molecule has 3 aromatic rings. The van der Waals surface area contributed by atoms with Crippen LogP contribution in [0.1, 0.15) is 117 Å². The number of rotatable bonds is 20. The molecule has 0 saturated carbocycles. The van der Waals surface area contributed by atoms with Crippen molar-refractivity contribution in [2.45, 2.75) is 97.8 Å². The van der Waals surface area contributed by atoms with E-state index in [2.05, 4.69) is 17.2 Å².